The second-order valence-corrected chi connectivity index (χ2v) is 9.42. The molecule has 0 N–H and O–H groups in total. The van der Waals surface area contributed by atoms with Gasteiger partial charge in [-0.3, -0.25) is 4.79 Å². The zero-order valence-corrected chi connectivity index (χ0v) is 17.6. The second kappa shape index (κ2) is 6.21. The Kier molecular flexibility index (Phi) is 4.05. The van der Waals surface area contributed by atoms with E-state index in [0.717, 1.165) is 42.4 Å². The standard InChI is InChI=1S/C23H29NO5/c1-13-5-8-15(27-3)18-17(13)23-9-10-24(21(26)14-6-7-14)16(23)11-22(2,12-25)19(28-4)20(23)29-18/h5,8,12,14,16,19-20H,6-7,9-11H2,1-4H3/t16?,19?,20-,22+,23?/m0/s1. The Labute approximate surface area is 171 Å². The van der Waals surface area contributed by atoms with Crippen molar-refractivity contribution in [3.63, 3.8) is 0 Å². The normalized spacial score (nSPS) is 37.4. The fourth-order valence-corrected chi connectivity index (χ4v) is 6.26. The van der Waals surface area contributed by atoms with E-state index in [9.17, 15) is 9.59 Å². The van der Waals surface area contributed by atoms with Crippen LogP contribution >= 0.6 is 0 Å². The molecular weight excluding hydrogens is 370 g/mol. The Morgan fingerprint density at radius 2 is 2.07 bits per heavy atom. The Bertz CT molecular complexity index is 880. The van der Waals surface area contributed by atoms with E-state index in [1.165, 1.54) is 0 Å². The molecule has 0 aromatic heterocycles. The summed E-state index contributed by atoms with van der Waals surface area (Å²) in [6, 6.07) is 3.92. The highest BCUT2D eigenvalue weighted by molar-refractivity contribution is 5.82. The first kappa shape index (κ1) is 18.9. The third-order valence-electron chi connectivity index (χ3n) is 7.80. The number of methoxy groups -OCH3 is 2. The van der Waals surface area contributed by atoms with Crippen molar-refractivity contribution in [2.24, 2.45) is 11.3 Å². The number of amides is 1. The van der Waals surface area contributed by atoms with Crippen molar-refractivity contribution in [2.45, 2.75) is 63.2 Å². The summed E-state index contributed by atoms with van der Waals surface area (Å²) in [5.74, 6) is 1.84. The zero-order valence-electron chi connectivity index (χ0n) is 17.6. The highest BCUT2D eigenvalue weighted by Crippen LogP contribution is 2.63. The van der Waals surface area contributed by atoms with Gasteiger partial charge in [-0.15, -0.1) is 0 Å². The van der Waals surface area contributed by atoms with Crippen LogP contribution in [-0.4, -0.2) is 56.1 Å². The number of ether oxygens (including phenoxy) is 3. The van der Waals surface area contributed by atoms with Gasteiger partial charge in [-0.25, -0.2) is 0 Å². The van der Waals surface area contributed by atoms with E-state index in [1.807, 2.05) is 13.0 Å². The minimum absolute atomic E-state index is 0.0748. The molecule has 1 spiro atoms. The van der Waals surface area contributed by atoms with E-state index >= 15 is 0 Å². The molecule has 29 heavy (non-hydrogen) atoms. The average Bonchev–Trinajstić information content (AvgIpc) is 3.42. The lowest BCUT2D eigenvalue weighted by Crippen LogP contribution is -2.65. The van der Waals surface area contributed by atoms with Gasteiger partial charge in [0.25, 0.3) is 0 Å². The SMILES string of the molecule is COc1ccc(C)c2c1O[C@H]1C(OC)[C@@](C)(C=O)CC3N(C(=O)C4CC4)CCC231. The monoisotopic (exact) mass is 399 g/mol. The highest BCUT2D eigenvalue weighted by atomic mass is 16.6. The smallest absolute Gasteiger partial charge is 0.225 e. The van der Waals surface area contributed by atoms with E-state index in [1.54, 1.807) is 14.2 Å². The maximum absolute atomic E-state index is 13.2. The van der Waals surface area contributed by atoms with Crippen LogP contribution in [0.1, 0.15) is 43.7 Å². The van der Waals surface area contributed by atoms with Crippen molar-refractivity contribution in [3.8, 4) is 11.5 Å². The van der Waals surface area contributed by atoms with Gasteiger partial charge in [-0.1, -0.05) is 13.0 Å². The lowest BCUT2D eigenvalue weighted by molar-refractivity contribution is -0.156. The Morgan fingerprint density at radius 3 is 2.69 bits per heavy atom. The summed E-state index contributed by atoms with van der Waals surface area (Å²) in [5.41, 5.74) is 1.18. The van der Waals surface area contributed by atoms with Gasteiger partial charge in [0.1, 0.15) is 18.5 Å². The van der Waals surface area contributed by atoms with Crippen LogP contribution in [0.3, 0.4) is 0 Å². The molecule has 0 bridgehead atoms. The van der Waals surface area contributed by atoms with Gasteiger partial charge in [-0.05, 0) is 44.2 Å². The molecule has 3 unspecified atom stereocenters. The number of hydrogen-bond acceptors (Lipinski definition) is 5. The number of carbonyl (C=O) groups is 2. The summed E-state index contributed by atoms with van der Waals surface area (Å²) in [7, 11) is 3.30. The predicted molar refractivity (Wildman–Crippen MR) is 106 cm³/mol. The summed E-state index contributed by atoms with van der Waals surface area (Å²) in [4.78, 5) is 27.5. The first-order chi connectivity index (χ1) is 13.9. The van der Waals surface area contributed by atoms with Crippen LogP contribution in [0.5, 0.6) is 11.5 Å². The molecule has 6 nitrogen and oxygen atoms in total. The number of rotatable bonds is 4. The van der Waals surface area contributed by atoms with Crippen molar-refractivity contribution < 1.29 is 23.8 Å². The maximum Gasteiger partial charge on any atom is 0.225 e. The average molecular weight is 399 g/mol. The van der Waals surface area contributed by atoms with Gasteiger partial charge in [0.2, 0.25) is 5.91 Å². The molecule has 3 fully saturated rings. The zero-order chi connectivity index (χ0) is 20.6. The van der Waals surface area contributed by atoms with Gasteiger partial charge in [0, 0.05) is 31.2 Å². The van der Waals surface area contributed by atoms with Crippen LogP contribution < -0.4 is 9.47 Å². The number of aldehydes is 1. The fourth-order valence-electron chi connectivity index (χ4n) is 6.26. The summed E-state index contributed by atoms with van der Waals surface area (Å²) in [5, 5.41) is 0. The number of fused-ring (bicyclic) bond motifs is 1. The molecule has 156 valence electrons. The number of hydrogen-bond donors (Lipinski definition) is 0. The highest BCUT2D eigenvalue weighted by Gasteiger charge is 2.69. The van der Waals surface area contributed by atoms with Crippen LogP contribution in [0, 0.1) is 18.3 Å². The molecule has 0 radical (unpaired) electrons. The first-order valence-electron chi connectivity index (χ1n) is 10.6. The lowest BCUT2D eigenvalue weighted by atomic mass is 9.56. The minimum Gasteiger partial charge on any atom is -0.493 e. The maximum atomic E-state index is 13.2. The Hall–Kier alpha value is -2.08. The molecule has 2 aliphatic heterocycles. The molecule has 2 saturated carbocycles. The molecule has 6 heteroatoms. The summed E-state index contributed by atoms with van der Waals surface area (Å²) in [6.45, 7) is 4.73. The molecule has 2 aliphatic carbocycles. The van der Waals surface area contributed by atoms with Gasteiger partial charge in [0.15, 0.2) is 11.5 Å². The number of nitrogens with zero attached hydrogens (tertiary/aromatic N) is 1. The van der Waals surface area contributed by atoms with E-state index < -0.39 is 5.41 Å². The minimum atomic E-state index is -0.719. The largest absolute Gasteiger partial charge is 0.493 e. The van der Waals surface area contributed by atoms with Crippen LogP contribution in [-0.2, 0) is 19.7 Å². The van der Waals surface area contributed by atoms with Crippen LogP contribution in [0.2, 0.25) is 0 Å². The molecule has 1 aromatic rings. The van der Waals surface area contributed by atoms with E-state index in [0.29, 0.717) is 18.7 Å². The van der Waals surface area contributed by atoms with Gasteiger partial charge in [-0.2, -0.15) is 0 Å². The van der Waals surface area contributed by atoms with Crippen LogP contribution in [0.25, 0.3) is 0 Å². The molecule has 5 atom stereocenters. The number of aryl methyl sites for hydroxylation is 1. The predicted octanol–water partition coefficient (Wildman–Crippen LogP) is 2.64. The van der Waals surface area contributed by atoms with Crippen LogP contribution in [0.15, 0.2) is 12.1 Å². The molecule has 1 amide bonds. The number of carbonyl (C=O) groups excluding carboxylic acids is 2. The molecule has 1 saturated heterocycles. The molecule has 1 aromatic carbocycles. The third kappa shape index (κ3) is 2.32. The Balaban J connectivity index is 1.71. The molecule has 4 aliphatic rings. The van der Waals surface area contributed by atoms with Crippen molar-refractivity contribution in [1.82, 2.24) is 4.90 Å². The summed E-state index contributed by atoms with van der Waals surface area (Å²) in [6.07, 6.45) is 3.64. The van der Waals surface area contributed by atoms with E-state index in [4.69, 9.17) is 14.2 Å². The van der Waals surface area contributed by atoms with Gasteiger partial charge < -0.3 is 23.9 Å². The van der Waals surface area contributed by atoms with Crippen molar-refractivity contribution in [3.05, 3.63) is 23.3 Å². The van der Waals surface area contributed by atoms with Crippen molar-refractivity contribution in [2.75, 3.05) is 20.8 Å². The van der Waals surface area contributed by atoms with Crippen molar-refractivity contribution in [1.29, 1.82) is 0 Å². The quantitative estimate of drug-likeness (QED) is 0.729. The topological polar surface area (TPSA) is 65.1 Å². The molecular formula is C23H29NO5. The van der Waals surface area contributed by atoms with Gasteiger partial charge >= 0.3 is 0 Å². The second-order valence-electron chi connectivity index (χ2n) is 9.42. The number of benzene rings is 1. The van der Waals surface area contributed by atoms with Crippen LogP contribution in [0.4, 0.5) is 0 Å². The molecule has 2 heterocycles. The van der Waals surface area contributed by atoms with Crippen molar-refractivity contribution >= 4 is 12.2 Å². The third-order valence-corrected chi connectivity index (χ3v) is 7.80. The van der Waals surface area contributed by atoms with E-state index in [2.05, 4.69) is 17.9 Å². The summed E-state index contributed by atoms with van der Waals surface area (Å²) >= 11 is 0. The Morgan fingerprint density at radius 1 is 1.31 bits per heavy atom. The fraction of sp³-hybridized carbons (Fsp3) is 0.652. The van der Waals surface area contributed by atoms with E-state index in [-0.39, 0.29) is 35.5 Å². The molecule has 5 rings (SSSR count). The first-order valence-corrected chi connectivity index (χ1v) is 10.6. The number of likely N-dealkylation sites (tertiary alicyclic amines) is 1. The summed E-state index contributed by atoms with van der Waals surface area (Å²) < 4.78 is 18.1. The lowest BCUT2D eigenvalue weighted by Gasteiger charge is -2.52. The van der Waals surface area contributed by atoms with Gasteiger partial charge in [0.05, 0.1) is 17.9 Å².